The minimum absolute atomic E-state index is 0.610. The van der Waals surface area contributed by atoms with Gasteiger partial charge < -0.3 is 4.74 Å². The van der Waals surface area contributed by atoms with E-state index in [1.165, 1.54) is 0 Å². The van der Waals surface area contributed by atoms with Crippen LogP contribution in [-0.4, -0.2) is 18.1 Å². The van der Waals surface area contributed by atoms with Gasteiger partial charge in [0.15, 0.2) is 11.6 Å². The van der Waals surface area contributed by atoms with Crippen molar-refractivity contribution in [3.63, 3.8) is 0 Å². The predicted molar refractivity (Wildman–Crippen MR) is 48.0 cm³/mol. The number of rotatable bonds is 2. The Hall–Kier alpha value is -1.44. The normalized spacial score (nSPS) is 12.4. The molecule has 100 valence electrons. The molecule has 0 unspecified atom stereocenters. The summed E-state index contributed by atoms with van der Waals surface area (Å²) >= 11 is 5.29. The lowest BCUT2D eigenvalue weighted by Crippen LogP contribution is -2.46. The van der Waals surface area contributed by atoms with Crippen LogP contribution in [0.25, 0.3) is 0 Å². The molecule has 9 heteroatoms. The fourth-order valence-electron chi connectivity index (χ4n) is 0.853. The van der Waals surface area contributed by atoms with Crippen molar-refractivity contribution in [3.8, 4) is 5.75 Å². The summed E-state index contributed by atoms with van der Waals surface area (Å²) in [6.07, 6.45) is -6.14. The quantitative estimate of drug-likeness (QED) is 0.473. The standard InChI is InChI=1S/C9H3ClF6O2/c10-4-2-1-3-5(11)6(4)18-7(17)8(12,13)9(14,15)16/h1-3H. The predicted octanol–water partition coefficient (Wildman–Crippen LogP) is 3.58. The number of hydrogen-bond donors (Lipinski definition) is 0. The van der Waals surface area contributed by atoms with Crippen molar-refractivity contribution in [2.75, 3.05) is 0 Å². The number of carbonyl (C=O) groups is 1. The number of carbonyl (C=O) groups excluding carboxylic acids is 1. The highest BCUT2D eigenvalue weighted by atomic mass is 35.5. The van der Waals surface area contributed by atoms with Crippen molar-refractivity contribution in [2.45, 2.75) is 12.1 Å². The third-order valence-corrected chi connectivity index (χ3v) is 2.02. The molecular formula is C9H3ClF6O2. The van der Waals surface area contributed by atoms with Gasteiger partial charge in [-0.1, -0.05) is 17.7 Å². The number of esters is 1. The van der Waals surface area contributed by atoms with Crippen LogP contribution in [0.2, 0.25) is 5.02 Å². The molecule has 18 heavy (non-hydrogen) atoms. The fourth-order valence-corrected chi connectivity index (χ4v) is 1.05. The Kier molecular flexibility index (Phi) is 3.80. The van der Waals surface area contributed by atoms with Crippen LogP contribution in [0.5, 0.6) is 5.75 Å². The Labute approximate surface area is 101 Å². The minimum Gasteiger partial charge on any atom is -0.417 e. The molecule has 0 N–H and O–H groups in total. The molecule has 0 saturated heterocycles. The van der Waals surface area contributed by atoms with Crippen LogP contribution < -0.4 is 4.74 Å². The lowest BCUT2D eigenvalue weighted by atomic mass is 10.3. The maximum absolute atomic E-state index is 13.0. The van der Waals surface area contributed by atoms with Gasteiger partial charge in [-0.05, 0) is 12.1 Å². The summed E-state index contributed by atoms with van der Waals surface area (Å²) in [4.78, 5) is 10.7. The average molecular weight is 293 g/mol. The number of para-hydroxylation sites is 1. The van der Waals surface area contributed by atoms with Gasteiger partial charge in [-0.25, -0.2) is 9.18 Å². The molecule has 0 bridgehead atoms. The molecule has 0 aliphatic heterocycles. The van der Waals surface area contributed by atoms with Crippen LogP contribution in [0.1, 0.15) is 0 Å². The minimum atomic E-state index is -6.14. The molecule has 0 fully saturated rings. The SMILES string of the molecule is O=C(Oc1c(F)cccc1Cl)C(F)(F)C(F)(F)F. The van der Waals surface area contributed by atoms with Gasteiger partial charge in [-0.2, -0.15) is 22.0 Å². The molecular weight excluding hydrogens is 290 g/mol. The van der Waals surface area contributed by atoms with Gasteiger partial charge >= 0.3 is 18.1 Å². The molecule has 0 aromatic heterocycles. The van der Waals surface area contributed by atoms with Crippen molar-refractivity contribution in [2.24, 2.45) is 0 Å². The number of hydrogen-bond acceptors (Lipinski definition) is 2. The first kappa shape index (κ1) is 14.6. The van der Waals surface area contributed by atoms with E-state index in [-0.39, 0.29) is 0 Å². The van der Waals surface area contributed by atoms with Gasteiger partial charge in [0.05, 0.1) is 5.02 Å². The van der Waals surface area contributed by atoms with Gasteiger partial charge in [0.25, 0.3) is 0 Å². The number of ether oxygens (including phenoxy) is 1. The van der Waals surface area contributed by atoms with Gasteiger partial charge in [-0.15, -0.1) is 0 Å². The van der Waals surface area contributed by atoms with Crippen molar-refractivity contribution < 1.29 is 35.9 Å². The van der Waals surface area contributed by atoms with Crippen LogP contribution in [0, 0.1) is 5.82 Å². The van der Waals surface area contributed by atoms with Crippen LogP contribution >= 0.6 is 11.6 Å². The van der Waals surface area contributed by atoms with Gasteiger partial charge in [-0.3, -0.25) is 0 Å². The third kappa shape index (κ3) is 2.69. The zero-order chi connectivity index (χ0) is 14.1. The summed E-state index contributed by atoms with van der Waals surface area (Å²) in [7, 11) is 0. The van der Waals surface area contributed by atoms with E-state index < -0.39 is 34.7 Å². The molecule has 0 amide bonds. The van der Waals surface area contributed by atoms with Gasteiger partial charge in [0.2, 0.25) is 0 Å². The fraction of sp³-hybridized carbons (Fsp3) is 0.222. The molecule has 1 rings (SSSR count). The first-order chi connectivity index (χ1) is 8.07. The number of halogens is 7. The molecule has 0 aliphatic rings. The zero-order valence-corrected chi connectivity index (χ0v) is 8.95. The summed E-state index contributed by atoms with van der Waals surface area (Å²) in [5, 5.41) is -0.610. The second-order valence-electron chi connectivity index (χ2n) is 3.01. The van der Waals surface area contributed by atoms with Gasteiger partial charge in [0.1, 0.15) is 0 Å². The maximum Gasteiger partial charge on any atom is 0.465 e. The Morgan fingerprint density at radius 2 is 1.72 bits per heavy atom. The molecule has 2 nitrogen and oxygen atoms in total. The first-order valence-corrected chi connectivity index (χ1v) is 4.56. The second kappa shape index (κ2) is 4.68. The average Bonchev–Trinajstić information content (AvgIpc) is 2.21. The van der Waals surface area contributed by atoms with Crippen molar-refractivity contribution in [1.82, 2.24) is 0 Å². The lowest BCUT2D eigenvalue weighted by Gasteiger charge is -2.18. The highest BCUT2D eigenvalue weighted by molar-refractivity contribution is 6.32. The monoisotopic (exact) mass is 292 g/mol. The summed E-state index contributed by atoms with van der Waals surface area (Å²) in [6.45, 7) is 0. The molecule has 1 aromatic rings. The summed E-state index contributed by atoms with van der Waals surface area (Å²) in [5.74, 6) is -11.2. The summed E-state index contributed by atoms with van der Waals surface area (Å²) in [5.41, 5.74) is 0. The van der Waals surface area contributed by atoms with Gasteiger partial charge in [0, 0.05) is 0 Å². The van der Waals surface area contributed by atoms with E-state index in [2.05, 4.69) is 4.74 Å². The van der Waals surface area contributed by atoms with E-state index in [1.54, 1.807) is 0 Å². The second-order valence-corrected chi connectivity index (χ2v) is 3.42. The highest BCUT2D eigenvalue weighted by Crippen LogP contribution is 2.38. The van der Waals surface area contributed by atoms with Crippen molar-refractivity contribution >= 4 is 17.6 Å². The van der Waals surface area contributed by atoms with E-state index in [4.69, 9.17) is 11.6 Å². The number of alkyl halides is 5. The van der Waals surface area contributed by atoms with Crippen LogP contribution in [0.4, 0.5) is 26.3 Å². The maximum atomic E-state index is 13.0. The van der Waals surface area contributed by atoms with Crippen LogP contribution in [0.15, 0.2) is 18.2 Å². The molecule has 0 saturated carbocycles. The van der Waals surface area contributed by atoms with E-state index in [0.717, 1.165) is 12.1 Å². The van der Waals surface area contributed by atoms with Crippen LogP contribution in [0.3, 0.4) is 0 Å². The largest absolute Gasteiger partial charge is 0.465 e. The zero-order valence-electron chi connectivity index (χ0n) is 8.19. The molecule has 0 atom stereocenters. The molecule has 0 heterocycles. The van der Waals surface area contributed by atoms with Crippen LogP contribution in [-0.2, 0) is 4.79 Å². The van der Waals surface area contributed by atoms with E-state index in [1.807, 2.05) is 0 Å². The molecule has 0 spiro atoms. The first-order valence-electron chi connectivity index (χ1n) is 4.18. The molecule has 0 aliphatic carbocycles. The van der Waals surface area contributed by atoms with E-state index >= 15 is 0 Å². The summed E-state index contributed by atoms with van der Waals surface area (Å²) in [6, 6.07) is 2.69. The number of benzene rings is 1. The topological polar surface area (TPSA) is 26.3 Å². The smallest absolute Gasteiger partial charge is 0.417 e. The van der Waals surface area contributed by atoms with Crippen molar-refractivity contribution in [3.05, 3.63) is 29.0 Å². The third-order valence-electron chi connectivity index (χ3n) is 1.73. The Morgan fingerprint density at radius 3 is 2.17 bits per heavy atom. The van der Waals surface area contributed by atoms with E-state index in [0.29, 0.717) is 6.07 Å². The summed E-state index contributed by atoms with van der Waals surface area (Å²) < 4.78 is 77.1. The Balaban J connectivity index is 3.03. The highest BCUT2D eigenvalue weighted by Gasteiger charge is 2.65. The lowest BCUT2D eigenvalue weighted by molar-refractivity contribution is -0.276. The van der Waals surface area contributed by atoms with E-state index in [9.17, 15) is 31.1 Å². The van der Waals surface area contributed by atoms with Crippen molar-refractivity contribution in [1.29, 1.82) is 0 Å². The molecule has 1 aromatic carbocycles. The Bertz CT molecular complexity index is 450. The Morgan fingerprint density at radius 1 is 1.17 bits per heavy atom. The molecule has 0 radical (unpaired) electrons.